The zero-order chi connectivity index (χ0) is 12.8. The molecule has 1 N–H and O–H groups in total. The first-order chi connectivity index (χ1) is 8.13. The number of amides is 1. The Morgan fingerprint density at radius 1 is 1.59 bits per heavy atom. The number of nitrogens with zero attached hydrogens (tertiary/aromatic N) is 3. The van der Waals surface area contributed by atoms with Gasteiger partial charge in [-0.2, -0.15) is 5.26 Å². The van der Waals surface area contributed by atoms with E-state index in [9.17, 15) is 4.79 Å². The minimum absolute atomic E-state index is 0.0757. The minimum Gasteiger partial charge on any atom is -0.352 e. The third-order valence-electron chi connectivity index (χ3n) is 2.90. The van der Waals surface area contributed by atoms with Crippen molar-refractivity contribution in [1.82, 2.24) is 14.9 Å². The van der Waals surface area contributed by atoms with Crippen molar-refractivity contribution in [2.24, 2.45) is 0 Å². The Bertz CT molecular complexity index is 414. The van der Waals surface area contributed by atoms with E-state index >= 15 is 0 Å². The number of nitriles is 1. The molecule has 0 aliphatic rings. The summed E-state index contributed by atoms with van der Waals surface area (Å²) in [7, 11) is 0. The molecule has 17 heavy (non-hydrogen) atoms. The molecule has 0 fully saturated rings. The molecule has 92 valence electrons. The summed E-state index contributed by atoms with van der Waals surface area (Å²) >= 11 is 0. The molecule has 5 heteroatoms. The van der Waals surface area contributed by atoms with Crippen molar-refractivity contribution in [2.45, 2.75) is 45.7 Å². The van der Waals surface area contributed by atoms with Crippen LogP contribution in [-0.4, -0.2) is 21.5 Å². The van der Waals surface area contributed by atoms with Crippen molar-refractivity contribution in [1.29, 1.82) is 5.26 Å². The van der Waals surface area contributed by atoms with E-state index in [0.717, 1.165) is 12.8 Å². The third kappa shape index (κ3) is 3.06. The number of aromatic nitrogens is 2. The topological polar surface area (TPSA) is 70.7 Å². The van der Waals surface area contributed by atoms with E-state index in [4.69, 9.17) is 5.26 Å². The first-order valence-electron chi connectivity index (χ1n) is 5.87. The normalized spacial score (nSPS) is 12.2. The summed E-state index contributed by atoms with van der Waals surface area (Å²) in [5.74, 6) is 0.186. The van der Waals surface area contributed by atoms with Crippen LogP contribution in [0.2, 0.25) is 0 Å². The number of imidazole rings is 1. The average molecular weight is 234 g/mol. The minimum atomic E-state index is -0.409. The Balaban J connectivity index is 2.74. The van der Waals surface area contributed by atoms with E-state index in [1.807, 2.05) is 19.9 Å². The Labute approximate surface area is 101 Å². The van der Waals surface area contributed by atoms with E-state index in [2.05, 4.69) is 10.3 Å². The Kier molecular flexibility index (Phi) is 4.70. The van der Waals surface area contributed by atoms with Crippen LogP contribution in [-0.2, 0) is 4.79 Å². The average Bonchev–Trinajstić information content (AvgIpc) is 2.82. The number of hydrogen-bond acceptors (Lipinski definition) is 3. The summed E-state index contributed by atoms with van der Waals surface area (Å²) in [4.78, 5) is 15.8. The summed E-state index contributed by atoms with van der Waals surface area (Å²) in [6, 6.07) is 1.75. The van der Waals surface area contributed by atoms with E-state index in [1.54, 1.807) is 17.7 Å². The fourth-order valence-electron chi connectivity index (χ4n) is 1.65. The summed E-state index contributed by atoms with van der Waals surface area (Å²) in [6.07, 6.45) is 4.99. The molecule has 0 saturated heterocycles. The highest BCUT2D eigenvalue weighted by Gasteiger charge is 2.19. The van der Waals surface area contributed by atoms with Gasteiger partial charge in [-0.05, 0) is 19.8 Å². The Morgan fingerprint density at radius 2 is 2.24 bits per heavy atom. The fraction of sp³-hybridized carbons (Fsp3) is 0.583. The van der Waals surface area contributed by atoms with Gasteiger partial charge < -0.3 is 9.88 Å². The molecule has 0 spiro atoms. The predicted molar refractivity (Wildman–Crippen MR) is 64.2 cm³/mol. The molecule has 1 rings (SSSR count). The lowest BCUT2D eigenvalue weighted by Crippen LogP contribution is -2.38. The highest BCUT2D eigenvalue weighted by atomic mass is 16.2. The van der Waals surface area contributed by atoms with Crippen molar-refractivity contribution < 1.29 is 4.79 Å². The lowest BCUT2D eigenvalue weighted by molar-refractivity contribution is -0.124. The quantitative estimate of drug-likeness (QED) is 0.841. The summed E-state index contributed by atoms with van der Waals surface area (Å²) in [6.45, 7) is 5.84. The van der Waals surface area contributed by atoms with Gasteiger partial charge in [-0.25, -0.2) is 4.98 Å². The maximum atomic E-state index is 12.0. The molecule has 0 saturated carbocycles. The standard InChI is InChI=1S/C12H18N4O/c1-4-10(5-2)15-12(17)9(3)16-7-6-14-11(16)8-13/h6-7,9-10H,4-5H2,1-3H3,(H,15,17). The molecule has 1 aromatic heterocycles. The third-order valence-corrected chi connectivity index (χ3v) is 2.90. The van der Waals surface area contributed by atoms with Gasteiger partial charge in [0.05, 0.1) is 0 Å². The fourth-order valence-corrected chi connectivity index (χ4v) is 1.65. The van der Waals surface area contributed by atoms with Crippen LogP contribution in [0.3, 0.4) is 0 Å². The first-order valence-corrected chi connectivity index (χ1v) is 5.87. The van der Waals surface area contributed by atoms with Crippen LogP contribution in [0.15, 0.2) is 12.4 Å². The van der Waals surface area contributed by atoms with Crippen LogP contribution in [0.1, 0.15) is 45.5 Å². The zero-order valence-corrected chi connectivity index (χ0v) is 10.5. The molecule has 0 radical (unpaired) electrons. The van der Waals surface area contributed by atoms with Gasteiger partial charge in [0.15, 0.2) is 0 Å². The predicted octanol–water partition coefficient (Wildman–Crippen LogP) is 1.62. The van der Waals surface area contributed by atoms with Crippen LogP contribution >= 0.6 is 0 Å². The monoisotopic (exact) mass is 234 g/mol. The molecule has 0 bridgehead atoms. The Morgan fingerprint density at radius 3 is 2.76 bits per heavy atom. The summed E-state index contributed by atoms with van der Waals surface area (Å²) < 4.78 is 1.58. The molecule has 0 aromatic carbocycles. The van der Waals surface area contributed by atoms with E-state index in [-0.39, 0.29) is 17.8 Å². The van der Waals surface area contributed by atoms with Crippen molar-refractivity contribution in [3.63, 3.8) is 0 Å². The maximum Gasteiger partial charge on any atom is 0.243 e. The number of rotatable bonds is 5. The maximum absolute atomic E-state index is 12.0. The van der Waals surface area contributed by atoms with Gasteiger partial charge in [0.1, 0.15) is 12.1 Å². The number of nitrogens with one attached hydrogen (secondary N) is 1. The first kappa shape index (κ1) is 13.2. The molecule has 1 amide bonds. The van der Waals surface area contributed by atoms with Crippen molar-refractivity contribution in [2.75, 3.05) is 0 Å². The molecule has 5 nitrogen and oxygen atoms in total. The van der Waals surface area contributed by atoms with Crippen LogP contribution in [0.4, 0.5) is 0 Å². The van der Waals surface area contributed by atoms with Gasteiger partial charge in [0, 0.05) is 18.4 Å². The largest absolute Gasteiger partial charge is 0.352 e. The van der Waals surface area contributed by atoms with E-state index in [1.165, 1.54) is 6.20 Å². The highest BCUT2D eigenvalue weighted by molar-refractivity contribution is 5.80. The number of carbonyl (C=O) groups is 1. The summed E-state index contributed by atoms with van der Waals surface area (Å²) in [5, 5.41) is 11.8. The molecule has 1 aromatic rings. The zero-order valence-electron chi connectivity index (χ0n) is 10.5. The van der Waals surface area contributed by atoms with Gasteiger partial charge >= 0.3 is 0 Å². The number of hydrogen-bond donors (Lipinski definition) is 1. The smallest absolute Gasteiger partial charge is 0.243 e. The lowest BCUT2D eigenvalue weighted by Gasteiger charge is -2.19. The molecule has 0 aliphatic heterocycles. The number of carbonyl (C=O) groups excluding carboxylic acids is 1. The molecular formula is C12H18N4O. The van der Waals surface area contributed by atoms with Gasteiger partial charge in [-0.15, -0.1) is 0 Å². The van der Waals surface area contributed by atoms with Crippen LogP contribution < -0.4 is 5.32 Å². The van der Waals surface area contributed by atoms with E-state index in [0.29, 0.717) is 0 Å². The molecule has 1 atom stereocenters. The van der Waals surface area contributed by atoms with E-state index < -0.39 is 6.04 Å². The van der Waals surface area contributed by atoms with Gasteiger partial charge in [-0.1, -0.05) is 13.8 Å². The summed E-state index contributed by atoms with van der Waals surface area (Å²) in [5.41, 5.74) is 0. The SMILES string of the molecule is CCC(CC)NC(=O)C(C)n1ccnc1C#N. The second-order valence-corrected chi connectivity index (χ2v) is 3.97. The second-order valence-electron chi connectivity index (χ2n) is 3.97. The van der Waals surface area contributed by atoms with Crippen molar-refractivity contribution in [3.05, 3.63) is 18.2 Å². The van der Waals surface area contributed by atoms with Crippen LogP contribution in [0, 0.1) is 11.3 Å². The molecule has 1 heterocycles. The van der Waals surface area contributed by atoms with Gasteiger partial charge in [0.25, 0.3) is 0 Å². The lowest BCUT2D eigenvalue weighted by atomic mass is 10.1. The highest BCUT2D eigenvalue weighted by Crippen LogP contribution is 2.10. The van der Waals surface area contributed by atoms with Crippen LogP contribution in [0.25, 0.3) is 0 Å². The van der Waals surface area contributed by atoms with Crippen molar-refractivity contribution in [3.8, 4) is 6.07 Å². The molecular weight excluding hydrogens is 216 g/mol. The molecule has 1 unspecified atom stereocenters. The van der Waals surface area contributed by atoms with Gasteiger partial charge in [-0.3, -0.25) is 4.79 Å². The molecule has 0 aliphatic carbocycles. The van der Waals surface area contributed by atoms with Crippen molar-refractivity contribution >= 4 is 5.91 Å². The Hall–Kier alpha value is -1.83. The van der Waals surface area contributed by atoms with Gasteiger partial charge in [0.2, 0.25) is 11.7 Å². The van der Waals surface area contributed by atoms with Crippen LogP contribution in [0.5, 0.6) is 0 Å². The second kappa shape index (κ2) is 6.04.